The van der Waals surface area contributed by atoms with Crippen molar-refractivity contribution in [3.63, 3.8) is 0 Å². The van der Waals surface area contributed by atoms with Crippen molar-refractivity contribution in [3.8, 4) is 0 Å². The molecule has 1 aromatic carbocycles. The Morgan fingerprint density at radius 3 is 2.72 bits per heavy atom. The smallest absolute Gasteiger partial charge is 0.265 e. The van der Waals surface area contributed by atoms with Crippen LogP contribution in [0.2, 0.25) is 0 Å². The van der Waals surface area contributed by atoms with E-state index in [2.05, 4.69) is 0 Å². The number of primary amides is 1. The van der Waals surface area contributed by atoms with Gasteiger partial charge in [-0.1, -0.05) is 31.5 Å². The number of carbonyl (C=O) groups is 1. The molecule has 1 heterocycles. The number of aromatic nitrogens is 1. The minimum atomic E-state index is -0.561. The van der Waals surface area contributed by atoms with E-state index in [4.69, 9.17) is 5.73 Å². The summed E-state index contributed by atoms with van der Waals surface area (Å²) in [6.07, 6.45) is 1.80. The van der Waals surface area contributed by atoms with Crippen molar-refractivity contribution in [3.05, 3.63) is 46.4 Å². The molecule has 18 heavy (non-hydrogen) atoms. The quantitative estimate of drug-likeness (QED) is 0.892. The lowest BCUT2D eigenvalue weighted by Gasteiger charge is -2.11. The average molecular weight is 244 g/mol. The van der Waals surface area contributed by atoms with Crippen LogP contribution >= 0.6 is 0 Å². The predicted octanol–water partition coefficient (Wildman–Crippen LogP) is 1.90. The van der Waals surface area contributed by atoms with Crippen molar-refractivity contribution in [1.29, 1.82) is 0 Å². The van der Waals surface area contributed by atoms with E-state index in [1.807, 2.05) is 25.1 Å². The summed E-state index contributed by atoms with van der Waals surface area (Å²) in [7, 11) is 0. The second kappa shape index (κ2) is 5.04. The Morgan fingerprint density at radius 1 is 1.33 bits per heavy atom. The van der Waals surface area contributed by atoms with Gasteiger partial charge in [0.2, 0.25) is 0 Å². The zero-order chi connectivity index (χ0) is 13.1. The van der Waals surface area contributed by atoms with Crippen LogP contribution in [0.25, 0.3) is 10.8 Å². The normalized spacial score (nSPS) is 10.7. The number of unbranched alkanes of at least 4 members (excludes halogenated alkanes) is 1. The molecule has 0 aliphatic rings. The van der Waals surface area contributed by atoms with E-state index in [1.54, 1.807) is 12.1 Å². The van der Waals surface area contributed by atoms with Gasteiger partial charge in [-0.3, -0.25) is 9.59 Å². The molecule has 0 saturated heterocycles. The molecule has 0 unspecified atom stereocenters. The lowest BCUT2D eigenvalue weighted by atomic mass is 10.1. The van der Waals surface area contributed by atoms with Crippen LogP contribution in [0, 0.1) is 0 Å². The molecule has 2 N–H and O–H groups in total. The summed E-state index contributed by atoms with van der Waals surface area (Å²) in [6.45, 7) is 2.56. The van der Waals surface area contributed by atoms with E-state index in [0.29, 0.717) is 11.9 Å². The van der Waals surface area contributed by atoms with E-state index in [1.165, 1.54) is 4.57 Å². The number of benzene rings is 1. The highest BCUT2D eigenvalue weighted by atomic mass is 16.2. The highest BCUT2D eigenvalue weighted by Gasteiger charge is 2.12. The first-order chi connectivity index (χ1) is 8.65. The van der Waals surface area contributed by atoms with Crippen LogP contribution in [0.5, 0.6) is 0 Å². The SMILES string of the molecule is CCCCn1c(C(N)=O)cc2ccccc2c1=O. The summed E-state index contributed by atoms with van der Waals surface area (Å²) in [5.41, 5.74) is 5.49. The van der Waals surface area contributed by atoms with Gasteiger partial charge in [-0.2, -0.15) is 0 Å². The van der Waals surface area contributed by atoms with Crippen molar-refractivity contribution in [1.82, 2.24) is 4.57 Å². The maximum absolute atomic E-state index is 12.3. The third kappa shape index (κ3) is 2.14. The third-order valence-electron chi connectivity index (χ3n) is 3.01. The highest BCUT2D eigenvalue weighted by molar-refractivity contribution is 5.95. The Hall–Kier alpha value is -2.10. The first-order valence-electron chi connectivity index (χ1n) is 6.07. The number of hydrogen-bond acceptors (Lipinski definition) is 2. The van der Waals surface area contributed by atoms with E-state index in [0.717, 1.165) is 18.2 Å². The van der Waals surface area contributed by atoms with Crippen molar-refractivity contribution in [2.75, 3.05) is 0 Å². The van der Waals surface area contributed by atoms with E-state index in [9.17, 15) is 9.59 Å². The fourth-order valence-corrected chi connectivity index (χ4v) is 2.04. The number of pyridine rings is 1. The summed E-state index contributed by atoms with van der Waals surface area (Å²) in [5.74, 6) is -0.561. The van der Waals surface area contributed by atoms with Crippen LogP contribution in [0.15, 0.2) is 35.1 Å². The molecule has 1 aromatic heterocycles. The van der Waals surface area contributed by atoms with Crippen LogP contribution < -0.4 is 11.3 Å². The van der Waals surface area contributed by atoms with Gasteiger partial charge < -0.3 is 10.3 Å². The minimum Gasteiger partial charge on any atom is -0.364 e. The lowest BCUT2D eigenvalue weighted by Crippen LogP contribution is -2.29. The molecule has 0 aliphatic heterocycles. The monoisotopic (exact) mass is 244 g/mol. The van der Waals surface area contributed by atoms with Crippen molar-refractivity contribution < 1.29 is 4.79 Å². The second-order valence-electron chi connectivity index (χ2n) is 4.29. The molecule has 0 radical (unpaired) electrons. The van der Waals surface area contributed by atoms with Gasteiger partial charge >= 0.3 is 0 Å². The number of rotatable bonds is 4. The van der Waals surface area contributed by atoms with Crippen LogP contribution in [0.4, 0.5) is 0 Å². The van der Waals surface area contributed by atoms with Crippen LogP contribution in [0.3, 0.4) is 0 Å². The minimum absolute atomic E-state index is 0.143. The average Bonchev–Trinajstić information content (AvgIpc) is 2.37. The Morgan fingerprint density at radius 2 is 2.06 bits per heavy atom. The topological polar surface area (TPSA) is 65.1 Å². The Bertz CT molecular complexity index is 644. The molecule has 2 aromatic rings. The second-order valence-corrected chi connectivity index (χ2v) is 4.29. The molecule has 0 spiro atoms. The van der Waals surface area contributed by atoms with Crippen molar-refractivity contribution >= 4 is 16.7 Å². The van der Waals surface area contributed by atoms with Gasteiger partial charge in [-0.15, -0.1) is 0 Å². The summed E-state index contributed by atoms with van der Waals surface area (Å²) < 4.78 is 1.48. The van der Waals surface area contributed by atoms with Crippen molar-refractivity contribution in [2.24, 2.45) is 5.73 Å². The summed E-state index contributed by atoms with van der Waals surface area (Å²) >= 11 is 0. The van der Waals surface area contributed by atoms with E-state index < -0.39 is 5.91 Å². The zero-order valence-corrected chi connectivity index (χ0v) is 10.3. The van der Waals surface area contributed by atoms with E-state index >= 15 is 0 Å². The largest absolute Gasteiger partial charge is 0.364 e. The van der Waals surface area contributed by atoms with Crippen LogP contribution in [0.1, 0.15) is 30.3 Å². The summed E-state index contributed by atoms with van der Waals surface area (Å²) in [5, 5.41) is 1.38. The van der Waals surface area contributed by atoms with Gasteiger partial charge in [-0.25, -0.2) is 0 Å². The van der Waals surface area contributed by atoms with Gasteiger partial charge in [0.25, 0.3) is 11.5 Å². The zero-order valence-electron chi connectivity index (χ0n) is 10.3. The highest BCUT2D eigenvalue weighted by Crippen LogP contribution is 2.12. The summed E-state index contributed by atoms with van der Waals surface area (Å²) in [4.78, 5) is 23.8. The van der Waals surface area contributed by atoms with Gasteiger partial charge in [0.1, 0.15) is 5.69 Å². The molecule has 94 valence electrons. The number of hydrogen-bond donors (Lipinski definition) is 1. The molecule has 0 fully saturated rings. The fourth-order valence-electron chi connectivity index (χ4n) is 2.04. The molecule has 0 saturated carbocycles. The van der Waals surface area contributed by atoms with Gasteiger partial charge in [-0.05, 0) is 23.9 Å². The molecule has 0 aliphatic carbocycles. The maximum atomic E-state index is 12.3. The molecule has 0 bridgehead atoms. The molecule has 4 heteroatoms. The standard InChI is InChI=1S/C14H16N2O2/c1-2-3-8-16-12(13(15)17)9-10-6-4-5-7-11(10)14(16)18/h4-7,9H,2-3,8H2,1H3,(H2,15,17). The van der Waals surface area contributed by atoms with Gasteiger partial charge in [0, 0.05) is 11.9 Å². The lowest BCUT2D eigenvalue weighted by molar-refractivity contribution is 0.0990. The van der Waals surface area contributed by atoms with Crippen LogP contribution in [-0.4, -0.2) is 10.5 Å². The maximum Gasteiger partial charge on any atom is 0.265 e. The molecule has 0 atom stereocenters. The first kappa shape index (κ1) is 12.4. The number of amides is 1. The summed E-state index contributed by atoms with van der Waals surface area (Å²) in [6, 6.07) is 8.92. The first-order valence-corrected chi connectivity index (χ1v) is 6.07. The molecular formula is C14H16N2O2. The molecule has 2 rings (SSSR count). The molecule has 1 amide bonds. The Kier molecular flexibility index (Phi) is 3.46. The van der Waals surface area contributed by atoms with Crippen molar-refractivity contribution in [2.45, 2.75) is 26.3 Å². The number of nitrogens with zero attached hydrogens (tertiary/aromatic N) is 1. The fraction of sp³-hybridized carbons (Fsp3) is 0.286. The number of carbonyl (C=O) groups excluding carboxylic acids is 1. The Labute approximate surface area is 105 Å². The predicted molar refractivity (Wildman–Crippen MR) is 71.6 cm³/mol. The number of fused-ring (bicyclic) bond motifs is 1. The third-order valence-corrected chi connectivity index (χ3v) is 3.01. The number of nitrogens with two attached hydrogens (primary N) is 1. The van der Waals surface area contributed by atoms with Gasteiger partial charge in [0.15, 0.2) is 0 Å². The van der Waals surface area contributed by atoms with E-state index in [-0.39, 0.29) is 11.3 Å². The molecular weight excluding hydrogens is 228 g/mol. The van der Waals surface area contributed by atoms with Crippen LogP contribution in [-0.2, 0) is 6.54 Å². The Balaban J connectivity index is 2.71. The van der Waals surface area contributed by atoms with Gasteiger partial charge in [0.05, 0.1) is 0 Å². The molecule has 4 nitrogen and oxygen atoms in total.